The van der Waals surface area contributed by atoms with Crippen molar-refractivity contribution in [3.63, 3.8) is 0 Å². The summed E-state index contributed by atoms with van der Waals surface area (Å²) in [5.74, 6) is -0.232. The quantitative estimate of drug-likeness (QED) is 0.519. The molecule has 0 aliphatic heterocycles. The molecule has 0 unspecified atom stereocenters. The fourth-order valence-electron chi connectivity index (χ4n) is 2.16. The second-order valence-electron chi connectivity index (χ2n) is 5.12. The summed E-state index contributed by atoms with van der Waals surface area (Å²) in [6, 6.07) is 8.58. The molecule has 1 heterocycles. The summed E-state index contributed by atoms with van der Waals surface area (Å²) in [6.45, 7) is -3.12. The molecule has 3 rings (SSSR count). The van der Waals surface area contributed by atoms with E-state index < -0.39 is 12.4 Å². The Kier molecular flexibility index (Phi) is 5.84. The van der Waals surface area contributed by atoms with Crippen molar-refractivity contribution in [2.75, 3.05) is 7.11 Å². The lowest BCUT2D eigenvalue weighted by molar-refractivity contribution is -0.0512. The number of rotatable bonds is 7. The highest BCUT2D eigenvalue weighted by Gasteiger charge is 2.15. The van der Waals surface area contributed by atoms with Gasteiger partial charge in [0, 0.05) is 10.0 Å². The van der Waals surface area contributed by atoms with Crippen LogP contribution in [0.2, 0.25) is 0 Å². The van der Waals surface area contributed by atoms with Crippen LogP contribution in [0.1, 0.15) is 5.89 Å². The van der Waals surface area contributed by atoms with Gasteiger partial charge < -0.3 is 18.7 Å². The largest absolute Gasteiger partial charge is 0.493 e. The van der Waals surface area contributed by atoms with Gasteiger partial charge in [0.1, 0.15) is 0 Å². The van der Waals surface area contributed by atoms with Gasteiger partial charge in [0.05, 0.1) is 7.11 Å². The van der Waals surface area contributed by atoms with E-state index in [0.717, 1.165) is 0 Å². The van der Waals surface area contributed by atoms with Crippen molar-refractivity contribution in [2.24, 2.45) is 0 Å². The van der Waals surface area contributed by atoms with Gasteiger partial charge in [-0.05, 0) is 36.4 Å². The number of halogens is 4. The number of hydrogen-bond donors (Lipinski definition) is 0. The Labute approximate surface area is 160 Å². The molecule has 0 spiro atoms. The Morgan fingerprint density at radius 1 is 1.11 bits per heavy atom. The Morgan fingerprint density at radius 3 is 2.59 bits per heavy atom. The summed E-state index contributed by atoms with van der Waals surface area (Å²) in [6.07, 6.45) is 0. The highest BCUT2D eigenvalue weighted by atomic mass is 79.9. The van der Waals surface area contributed by atoms with Crippen molar-refractivity contribution >= 4 is 15.9 Å². The number of hydrogen-bond acceptors (Lipinski definition) is 6. The topological polar surface area (TPSA) is 66.6 Å². The van der Waals surface area contributed by atoms with E-state index in [4.69, 9.17) is 14.0 Å². The second-order valence-corrected chi connectivity index (χ2v) is 6.03. The molecule has 0 aliphatic carbocycles. The third kappa shape index (κ3) is 4.70. The van der Waals surface area contributed by atoms with Gasteiger partial charge in [-0.3, -0.25) is 0 Å². The third-order valence-corrected chi connectivity index (χ3v) is 3.84. The standard InChI is InChI=1S/C17H12BrF3N2O4/c1-24-14-6-9(2-4-13(14)26-17(20)21)16-22-15(27-23-16)8-25-12-5-3-10(18)7-11(12)19/h2-7,17H,8H2,1H3. The number of alkyl halides is 2. The number of nitrogens with zero attached hydrogens (tertiary/aromatic N) is 2. The lowest BCUT2D eigenvalue weighted by Crippen LogP contribution is -2.03. The molecule has 0 N–H and O–H groups in total. The molecule has 6 nitrogen and oxygen atoms in total. The Balaban J connectivity index is 1.73. The van der Waals surface area contributed by atoms with Crippen molar-refractivity contribution < 1.29 is 31.9 Å². The first kappa shape index (κ1) is 19.0. The third-order valence-electron chi connectivity index (χ3n) is 3.35. The number of benzene rings is 2. The first-order valence-corrected chi connectivity index (χ1v) is 8.29. The summed E-state index contributed by atoms with van der Waals surface area (Å²) >= 11 is 3.15. The predicted octanol–water partition coefficient (Wildman–Crippen LogP) is 4.83. The molecule has 2 aromatic carbocycles. The number of ether oxygens (including phenoxy) is 3. The molecule has 142 valence electrons. The molecule has 0 saturated heterocycles. The van der Waals surface area contributed by atoms with Crippen LogP contribution in [0.3, 0.4) is 0 Å². The van der Waals surface area contributed by atoms with E-state index in [0.29, 0.717) is 10.0 Å². The van der Waals surface area contributed by atoms with E-state index in [-0.39, 0.29) is 35.6 Å². The van der Waals surface area contributed by atoms with Crippen LogP contribution in [0.4, 0.5) is 13.2 Å². The molecule has 1 aromatic heterocycles. The minimum absolute atomic E-state index is 0.0353. The predicted molar refractivity (Wildman–Crippen MR) is 91.4 cm³/mol. The number of aromatic nitrogens is 2. The van der Waals surface area contributed by atoms with E-state index in [2.05, 4.69) is 30.8 Å². The lowest BCUT2D eigenvalue weighted by atomic mass is 10.2. The second kappa shape index (κ2) is 8.30. The molecular weight excluding hydrogens is 433 g/mol. The highest BCUT2D eigenvalue weighted by Crippen LogP contribution is 2.32. The van der Waals surface area contributed by atoms with Crippen LogP contribution in [-0.2, 0) is 6.61 Å². The molecule has 10 heteroatoms. The average Bonchev–Trinajstić information content (AvgIpc) is 3.10. The Hall–Kier alpha value is -2.75. The first-order chi connectivity index (χ1) is 13.0. The van der Waals surface area contributed by atoms with Crippen LogP contribution in [0.15, 0.2) is 45.4 Å². The van der Waals surface area contributed by atoms with Gasteiger partial charge in [0.25, 0.3) is 5.89 Å². The molecule has 0 saturated carbocycles. The summed E-state index contributed by atoms with van der Waals surface area (Å²) in [4.78, 5) is 4.13. The van der Waals surface area contributed by atoms with Crippen molar-refractivity contribution in [1.29, 1.82) is 0 Å². The van der Waals surface area contributed by atoms with Gasteiger partial charge in [-0.2, -0.15) is 13.8 Å². The van der Waals surface area contributed by atoms with Crippen LogP contribution < -0.4 is 14.2 Å². The minimum Gasteiger partial charge on any atom is -0.493 e. The molecule has 0 bridgehead atoms. The molecule has 0 fully saturated rings. The maximum absolute atomic E-state index is 13.7. The van der Waals surface area contributed by atoms with Gasteiger partial charge in [-0.15, -0.1) is 0 Å². The zero-order valence-corrected chi connectivity index (χ0v) is 15.4. The van der Waals surface area contributed by atoms with Gasteiger partial charge in [0.2, 0.25) is 5.82 Å². The highest BCUT2D eigenvalue weighted by molar-refractivity contribution is 9.10. The minimum atomic E-state index is -2.97. The van der Waals surface area contributed by atoms with Crippen molar-refractivity contribution in [2.45, 2.75) is 13.2 Å². The number of methoxy groups -OCH3 is 1. The summed E-state index contributed by atoms with van der Waals surface area (Å²) in [7, 11) is 1.32. The van der Waals surface area contributed by atoms with Crippen LogP contribution in [-0.4, -0.2) is 23.9 Å². The maximum atomic E-state index is 13.7. The maximum Gasteiger partial charge on any atom is 0.387 e. The van der Waals surface area contributed by atoms with Gasteiger partial charge >= 0.3 is 6.61 Å². The van der Waals surface area contributed by atoms with Crippen LogP contribution in [0.25, 0.3) is 11.4 Å². The van der Waals surface area contributed by atoms with Crippen molar-refractivity contribution in [3.05, 3.63) is 52.6 Å². The van der Waals surface area contributed by atoms with Crippen LogP contribution >= 0.6 is 15.9 Å². The molecular formula is C17H12BrF3N2O4. The monoisotopic (exact) mass is 444 g/mol. The van der Waals surface area contributed by atoms with Crippen molar-refractivity contribution in [1.82, 2.24) is 10.1 Å². The SMILES string of the molecule is COc1cc(-c2noc(COc3ccc(Br)cc3F)n2)ccc1OC(F)F. The van der Waals surface area contributed by atoms with E-state index in [1.54, 1.807) is 6.07 Å². The van der Waals surface area contributed by atoms with Crippen LogP contribution in [0, 0.1) is 5.82 Å². The summed E-state index contributed by atoms with van der Waals surface area (Å²) in [5.41, 5.74) is 0.457. The fourth-order valence-corrected chi connectivity index (χ4v) is 2.50. The van der Waals surface area contributed by atoms with E-state index in [9.17, 15) is 13.2 Å². The normalized spacial score (nSPS) is 10.9. The molecule has 0 amide bonds. The van der Waals surface area contributed by atoms with E-state index in [1.807, 2.05) is 0 Å². The average molecular weight is 445 g/mol. The summed E-state index contributed by atoms with van der Waals surface area (Å²) in [5, 5.41) is 3.79. The van der Waals surface area contributed by atoms with Crippen molar-refractivity contribution in [3.8, 4) is 28.6 Å². The Morgan fingerprint density at radius 2 is 1.89 bits per heavy atom. The van der Waals surface area contributed by atoms with E-state index >= 15 is 0 Å². The molecule has 3 aromatic rings. The molecule has 0 radical (unpaired) electrons. The zero-order valence-electron chi connectivity index (χ0n) is 13.8. The first-order valence-electron chi connectivity index (χ1n) is 7.50. The summed E-state index contributed by atoms with van der Waals surface area (Å²) < 4.78 is 58.8. The molecule has 27 heavy (non-hydrogen) atoms. The van der Waals surface area contributed by atoms with E-state index in [1.165, 1.54) is 37.4 Å². The molecule has 0 aliphatic rings. The lowest BCUT2D eigenvalue weighted by Gasteiger charge is -2.10. The van der Waals surface area contributed by atoms with Crippen LogP contribution in [0.5, 0.6) is 17.2 Å². The van der Waals surface area contributed by atoms with Gasteiger partial charge in [-0.25, -0.2) is 4.39 Å². The fraction of sp³-hybridized carbons (Fsp3) is 0.176. The zero-order chi connectivity index (χ0) is 19.4. The molecule has 0 atom stereocenters. The smallest absolute Gasteiger partial charge is 0.387 e. The Bertz CT molecular complexity index is 936. The van der Waals surface area contributed by atoms with Gasteiger partial charge in [0.15, 0.2) is 29.7 Å². The van der Waals surface area contributed by atoms with Gasteiger partial charge in [-0.1, -0.05) is 21.1 Å².